The molecule has 3 fully saturated rings. The molecule has 20 heavy (non-hydrogen) atoms. The van der Waals surface area contributed by atoms with Gasteiger partial charge in [-0.05, 0) is 69.7 Å². The third kappa shape index (κ3) is 2.92. The molecule has 0 aromatic heterocycles. The van der Waals surface area contributed by atoms with Crippen LogP contribution in [0.3, 0.4) is 0 Å². The lowest BCUT2D eigenvalue weighted by Crippen LogP contribution is -2.55. The van der Waals surface area contributed by atoms with Crippen molar-refractivity contribution in [3.05, 3.63) is 0 Å². The van der Waals surface area contributed by atoms with Gasteiger partial charge in [-0.15, -0.1) is 0 Å². The monoisotopic (exact) mass is 278 g/mol. The molecule has 0 aromatic carbocycles. The van der Waals surface area contributed by atoms with E-state index in [1.165, 1.54) is 57.9 Å². The summed E-state index contributed by atoms with van der Waals surface area (Å²) in [5.41, 5.74) is 0. The minimum Gasteiger partial charge on any atom is -0.314 e. The summed E-state index contributed by atoms with van der Waals surface area (Å²) in [6, 6.07) is 3.49. The van der Waals surface area contributed by atoms with E-state index in [2.05, 4.69) is 31.0 Å². The Kier molecular flexibility index (Phi) is 4.72. The van der Waals surface area contributed by atoms with Crippen molar-refractivity contribution in [2.75, 3.05) is 6.54 Å². The number of nitrogens with one attached hydrogen (secondary N) is 1. The molecule has 1 N–H and O–H groups in total. The molecule has 5 atom stereocenters. The molecule has 2 aliphatic heterocycles. The molecule has 3 aliphatic rings. The molecule has 5 unspecified atom stereocenters. The van der Waals surface area contributed by atoms with E-state index in [4.69, 9.17) is 0 Å². The average molecular weight is 278 g/mol. The van der Waals surface area contributed by atoms with Crippen LogP contribution in [0, 0.1) is 11.8 Å². The molecule has 0 radical (unpaired) electrons. The first-order valence-electron chi connectivity index (χ1n) is 9.19. The van der Waals surface area contributed by atoms with Gasteiger partial charge in [-0.1, -0.05) is 20.8 Å². The zero-order valence-electron chi connectivity index (χ0n) is 13.8. The van der Waals surface area contributed by atoms with Crippen molar-refractivity contribution in [3.63, 3.8) is 0 Å². The third-order valence-corrected chi connectivity index (χ3v) is 6.24. The zero-order valence-corrected chi connectivity index (χ0v) is 13.8. The lowest BCUT2D eigenvalue weighted by Gasteiger charge is -2.48. The summed E-state index contributed by atoms with van der Waals surface area (Å²) in [6.07, 6.45) is 11.4. The normalized spacial score (nSPS) is 45.8. The highest BCUT2D eigenvalue weighted by molar-refractivity contribution is 5.01. The van der Waals surface area contributed by atoms with Crippen molar-refractivity contribution in [1.82, 2.24) is 10.2 Å². The number of nitrogens with zero attached hydrogens (tertiary/aromatic N) is 1. The fourth-order valence-electron chi connectivity index (χ4n) is 5.36. The molecule has 2 heteroatoms. The molecule has 3 rings (SSSR count). The Bertz CT molecular complexity index is 303. The van der Waals surface area contributed by atoms with E-state index < -0.39 is 0 Å². The smallest absolute Gasteiger partial charge is 0.0127 e. The van der Waals surface area contributed by atoms with Crippen molar-refractivity contribution in [2.24, 2.45) is 11.8 Å². The summed E-state index contributed by atoms with van der Waals surface area (Å²) < 4.78 is 0. The molecule has 1 aliphatic carbocycles. The van der Waals surface area contributed by atoms with Crippen molar-refractivity contribution in [3.8, 4) is 0 Å². The molecule has 2 bridgehead atoms. The Morgan fingerprint density at radius 1 is 0.950 bits per heavy atom. The Hall–Kier alpha value is -0.0800. The van der Waals surface area contributed by atoms with Crippen LogP contribution >= 0.6 is 0 Å². The van der Waals surface area contributed by atoms with E-state index in [0.29, 0.717) is 0 Å². The van der Waals surface area contributed by atoms with Gasteiger partial charge in [0.2, 0.25) is 0 Å². The molecule has 2 saturated heterocycles. The van der Waals surface area contributed by atoms with Crippen LogP contribution in [0.25, 0.3) is 0 Å². The molecule has 2 heterocycles. The van der Waals surface area contributed by atoms with Crippen LogP contribution in [0.2, 0.25) is 0 Å². The molecule has 116 valence electrons. The first-order chi connectivity index (χ1) is 9.69. The van der Waals surface area contributed by atoms with E-state index >= 15 is 0 Å². The number of rotatable bonds is 4. The van der Waals surface area contributed by atoms with Gasteiger partial charge in [-0.2, -0.15) is 0 Å². The van der Waals surface area contributed by atoms with Crippen molar-refractivity contribution >= 4 is 0 Å². The maximum absolute atomic E-state index is 3.79. The van der Waals surface area contributed by atoms with Crippen LogP contribution in [-0.2, 0) is 0 Å². The summed E-state index contributed by atoms with van der Waals surface area (Å²) in [5.74, 6) is 1.88. The van der Waals surface area contributed by atoms with Crippen LogP contribution in [0.1, 0.15) is 72.1 Å². The lowest BCUT2D eigenvalue weighted by molar-refractivity contribution is 0.0173. The first kappa shape index (κ1) is 14.8. The fourth-order valence-corrected chi connectivity index (χ4v) is 5.36. The predicted molar refractivity (Wildman–Crippen MR) is 85.9 cm³/mol. The van der Waals surface area contributed by atoms with Gasteiger partial charge >= 0.3 is 0 Å². The number of hydrogen-bond acceptors (Lipinski definition) is 2. The summed E-state index contributed by atoms with van der Waals surface area (Å²) in [5, 5.41) is 3.79. The molecular formula is C18H34N2. The minimum atomic E-state index is 0.807. The summed E-state index contributed by atoms with van der Waals surface area (Å²) >= 11 is 0. The number of piperidine rings is 1. The first-order valence-corrected chi connectivity index (χ1v) is 9.19. The number of hydrogen-bond donors (Lipinski definition) is 1. The quantitative estimate of drug-likeness (QED) is 0.841. The second kappa shape index (κ2) is 6.36. The van der Waals surface area contributed by atoms with E-state index in [9.17, 15) is 0 Å². The summed E-state index contributed by atoms with van der Waals surface area (Å²) in [4.78, 5) is 2.99. The topological polar surface area (TPSA) is 15.3 Å². The van der Waals surface area contributed by atoms with E-state index in [1.807, 2.05) is 0 Å². The Morgan fingerprint density at radius 3 is 2.25 bits per heavy atom. The van der Waals surface area contributed by atoms with Crippen molar-refractivity contribution in [1.29, 1.82) is 0 Å². The van der Waals surface area contributed by atoms with E-state index in [1.54, 1.807) is 0 Å². The lowest BCUT2D eigenvalue weighted by atomic mass is 9.77. The van der Waals surface area contributed by atoms with Crippen LogP contribution in [-0.4, -0.2) is 35.6 Å². The summed E-state index contributed by atoms with van der Waals surface area (Å²) in [7, 11) is 0. The maximum atomic E-state index is 3.79. The minimum absolute atomic E-state index is 0.807. The SMILES string of the molecule is CCCNC1CC2CCC(C1)N2C1CCC(C)CC1C. The van der Waals surface area contributed by atoms with Gasteiger partial charge in [0, 0.05) is 24.2 Å². The molecule has 0 aromatic rings. The molecule has 1 saturated carbocycles. The van der Waals surface area contributed by atoms with Crippen LogP contribution in [0.5, 0.6) is 0 Å². The molecule has 0 spiro atoms. The van der Waals surface area contributed by atoms with Gasteiger partial charge in [0.15, 0.2) is 0 Å². The standard InChI is InChI=1S/C18H34N2/c1-4-9-19-15-11-16-6-7-17(12-15)20(16)18-8-5-13(2)10-14(18)3/h13-19H,4-12H2,1-3H3. The maximum Gasteiger partial charge on any atom is 0.0127 e. The van der Waals surface area contributed by atoms with Crippen molar-refractivity contribution in [2.45, 2.75) is 96.3 Å². The number of fused-ring (bicyclic) bond motifs is 2. The largest absolute Gasteiger partial charge is 0.314 e. The molecular weight excluding hydrogens is 244 g/mol. The van der Waals surface area contributed by atoms with Crippen LogP contribution in [0.4, 0.5) is 0 Å². The Labute approximate surface area is 125 Å². The van der Waals surface area contributed by atoms with E-state index in [-0.39, 0.29) is 0 Å². The Morgan fingerprint density at radius 2 is 1.65 bits per heavy atom. The van der Waals surface area contributed by atoms with Gasteiger partial charge in [0.25, 0.3) is 0 Å². The van der Waals surface area contributed by atoms with Crippen molar-refractivity contribution < 1.29 is 0 Å². The highest BCUT2D eigenvalue weighted by Crippen LogP contribution is 2.42. The zero-order chi connectivity index (χ0) is 14.1. The van der Waals surface area contributed by atoms with Gasteiger partial charge in [0.05, 0.1) is 0 Å². The van der Waals surface area contributed by atoms with Crippen LogP contribution < -0.4 is 5.32 Å². The van der Waals surface area contributed by atoms with E-state index in [0.717, 1.165) is 36.0 Å². The molecule has 0 amide bonds. The highest BCUT2D eigenvalue weighted by Gasteiger charge is 2.45. The second-order valence-corrected chi connectivity index (χ2v) is 7.92. The van der Waals surface area contributed by atoms with Gasteiger partial charge < -0.3 is 5.32 Å². The Balaban J connectivity index is 1.62. The van der Waals surface area contributed by atoms with Crippen LogP contribution in [0.15, 0.2) is 0 Å². The van der Waals surface area contributed by atoms with Gasteiger partial charge in [-0.3, -0.25) is 4.90 Å². The highest BCUT2D eigenvalue weighted by atomic mass is 15.3. The predicted octanol–water partition coefficient (Wildman–Crippen LogP) is 3.81. The third-order valence-electron chi connectivity index (χ3n) is 6.24. The second-order valence-electron chi connectivity index (χ2n) is 7.92. The summed E-state index contributed by atoms with van der Waals surface area (Å²) in [6.45, 7) is 8.45. The molecule has 2 nitrogen and oxygen atoms in total. The average Bonchev–Trinajstić information content (AvgIpc) is 2.68. The van der Waals surface area contributed by atoms with Gasteiger partial charge in [-0.25, -0.2) is 0 Å². The fraction of sp³-hybridized carbons (Fsp3) is 1.00. The van der Waals surface area contributed by atoms with Gasteiger partial charge in [0.1, 0.15) is 0 Å².